The molecule has 2 heterocycles. The summed E-state index contributed by atoms with van der Waals surface area (Å²) in [5.41, 5.74) is 0. The Bertz CT molecular complexity index is 1790. The highest BCUT2D eigenvalue weighted by molar-refractivity contribution is 9.10. The molecule has 0 unspecified atom stereocenters. The minimum Gasteiger partial charge on any atom is -0.493 e. The van der Waals surface area contributed by atoms with Crippen molar-refractivity contribution < 1.29 is 27.4 Å². The number of methoxy groups -OCH3 is 1. The maximum absolute atomic E-state index is 13.5. The number of fused-ring (bicyclic) bond motifs is 1. The van der Waals surface area contributed by atoms with E-state index in [1.807, 2.05) is 24.3 Å². The van der Waals surface area contributed by atoms with Gasteiger partial charge in [-0.2, -0.15) is 4.98 Å². The van der Waals surface area contributed by atoms with Gasteiger partial charge in [-0.3, -0.25) is 4.72 Å². The molecule has 0 aliphatic rings. The molecule has 11 nitrogen and oxygen atoms in total. The number of hydrogen-bond acceptors (Lipinski definition) is 10. The Balaban J connectivity index is 1.46. The van der Waals surface area contributed by atoms with E-state index in [0.29, 0.717) is 11.5 Å². The van der Waals surface area contributed by atoms with Gasteiger partial charge >= 0.3 is 6.01 Å². The third-order valence-electron chi connectivity index (χ3n) is 5.64. The van der Waals surface area contributed by atoms with Gasteiger partial charge in [0.25, 0.3) is 15.9 Å². The van der Waals surface area contributed by atoms with Crippen molar-refractivity contribution in [2.24, 2.45) is 0 Å². The molecule has 210 valence electrons. The molecule has 0 spiro atoms. The largest absolute Gasteiger partial charge is 0.493 e. The lowest BCUT2D eigenvalue weighted by Crippen LogP contribution is -2.17. The van der Waals surface area contributed by atoms with Crippen molar-refractivity contribution in [3.63, 3.8) is 0 Å². The maximum Gasteiger partial charge on any atom is 0.316 e. The highest BCUT2D eigenvalue weighted by Crippen LogP contribution is 2.40. The molecule has 0 saturated carbocycles. The zero-order chi connectivity index (χ0) is 28.8. The van der Waals surface area contributed by atoms with Gasteiger partial charge in [0.2, 0.25) is 5.75 Å². The Morgan fingerprint density at radius 2 is 1.54 bits per heavy atom. The van der Waals surface area contributed by atoms with E-state index in [1.54, 1.807) is 55.7 Å². The van der Waals surface area contributed by atoms with E-state index in [1.165, 1.54) is 13.2 Å². The highest BCUT2D eigenvalue weighted by atomic mass is 79.9. The average Bonchev–Trinajstić information content (AvgIpc) is 2.97. The summed E-state index contributed by atoms with van der Waals surface area (Å²) >= 11 is 3.27. The van der Waals surface area contributed by atoms with E-state index >= 15 is 0 Å². The quantitative estimate of drug-likeness (QED) is 0.184. The predicted molar refractivity (Wildman–Crippen MR) is 155 cm³/mol. The molecule has 0 radical (unpaired) electrons. The second-order valence-electron chi connectivity index (χ2n) is 8.50. The molecule has 0 bridgehead atoms. The number of benzene rings is 3. The molecule has 0 saturated heterocycles. The van der Waals surface area contributed by atoms with Gasteiger partial charge in [0.15, 0.2) is 17.3 Å². The molecule has 5 aromatic rings. The van der Waals surface area contributed by atoms with Crippen LogP contribution >= 0.6 is 15.9 Å². The number of aryl methyl sites for hydroxylation is 1. The van der Waals surface area contributed by atoms with E-state index in [2.05, 4.69) is 40.6 Å². The fraction of sp³-hybridized carbons (Fsp3) is 0.143. The third-order valence-corrected chi connectivity index (χ3v) is 7.39. The minimum atomic E-state index is -4.09. The fourth-order valence-electron chi connectivity index (χ4n) is 3.78. The van der Waals surface area contributed by atoms with Crippen molar-refractivity contribution in [1.82, 2.24) is 19.9 Å². The number of para-hydroxylation sites is 2. The molecular formula is C28H24BrN5O6S. The van der Waals surface area contributed by atoms with Gasteiger partial charge in [0, 0.05) is 12.4 Å². The van der Waals surface area contributed by atoms with Crippen molar-refractivity contribution in [1.29, 1.82) is 0 Å². The lowest BCUT2D eigenvalue weighted by atomic mass is 10.1. The van der Waals surface area contributed by atoms with Crippen molar-refractivity contribution in [3.8, 4) is 29.1 Å². The molecule has 41 heavy (non-hydrogen) atoms. The average molecular weight is 639 g/mol. The Hall–Kier alpha value is -4.49. The molecule has 2 aromatic heterocycles. The van der Waals surface area contributed by atoms with Gasteiger partial charge in [-0.25, -0.2) is 23.4 Å². The van der Waals surface area contributed by atoms with Crippen LogP contribution < -0.4 is 23.7 Å². The van der Waals surface area contributed by atoms with Gasteiger partial charge in [-0.05, 0) is 57.9 Å². The van der Waals surface area contributed by atoms with E-state index in [9.17, 15) is 8.42 Å². The summed E-state index contributed by atoms with van der Waals surface area (Å²) in [6, 6.07) is 19.4. The monoisotopic (exact) mass is 637 g/mol. The summed E-state index contributed by atoms with van der Waals surface area (Å²) < 4.78 is 53.2. The van der Waals surface area contributed by atoms with Crippen LogP contribution in [-0.2, 0) is 10.0 Å². The zero-order valence-corrected chi connectivity index (χ0v) is 24.3. The molecule has 3 aromatic carbocycles. The number of halogens is 1. The first-order valence-electron chi connectivity index (χ1n) is 12.3. The molecule has 0 fully saturated rings. The van der Waals surface area contributed by atoms with Crippen LogP contribution in [-0.4, -0.2) is 48.7 Å². The van der Waals surface area contributed by atoms with Gasteiger partial charge in [0.05, 0.1) is 16.5 Å². The van der Waals surface area contributed by atoms with Gasteiger partial charge in [0.1, 0.15) is 19.0 Å². The first kappa shape index (κ1) is 28.1. The number of rotatable bonds is 11. The van der Waals surface area contributed by atoms with Crippen LogP contribution in [0.3, 0.4) is 0 Å². The Kier molecular flexibility index (Phi) is 8.45. The Labute approximate surface area is 244 Å². The van der Waals surface area contributed by atoms with Crippen LogP contribution in [0.15, 0.2) is 88.5 Å². The third kappa shape index (κ3) is 6.81. The van der Waals surface area contributed by atoms with E-state index in [4.69, 9.17) is 18.9 Å². The summed E-state index contributed by atoms with van der Waals surface area (Å²) in [7, 11) is -2.59. The first-order valence-corrected chi connectivity index (χ1v) is 14.5. The van der Waals surface area contributed by atoms with Crippen LogP contribution in [0.25, 0.3) is 10.8 Å². The fourth-order valence-corrected chi connectivity index (χ4v) is 5.02. The van der Waals surface area contributed by atoms with Crippen molar-refractivity contribution in [2.45, 2.75) is 11.8 Å². The number of aromatic nitrogens is 4. The van der Waals surface area contributed by atoms with Crippen molar-refractivity contribution in [3.05, 3.63) is 89.4 Å². The first-order chi connectivity index (χ1) is 19.8. The van der Waals surface area contributed by atoms with Gasteiger partial charge < -0.3 is 18.9 Å². The number of ether oxygens (including phenoxy) is 4. The Morgan fingerprint density at radius 3 is 2.29 bits per heavy atom. The van der Waals surface area contributed by atoms with Crippen LogP contribution in [0.2, 0.25) is 0 Å². The summed E-state index contributed by atoms with van der Waals surface area (Å²) in [5, 5.41) is 1.69. The zero-order valence-electron chi connectivity index (χ0n) is 21.9. The molecule has 0 amide bonds. The summed E-state index contributed by atoms with van der Waals surface area (Å²) in [4.78, 5) is 16.9. The van der Waals surface area contributed by atoms with Crippen LogP contribution in [0, 0.1) is 6.92 Å². The van der Waals surface area contributed by atoms with Gasteiger partial charge in [-0.1, -0.05) is 42.5 Å². The number of hydrogen-bond donors (Lipinski definition) is 1. The topological polar surface area (TPSA) is 135 Å². The normalized spacial score (nSPS) is 11.2. The van der Waals surface area contributed by atoms with Crippen molar-refractivity contribution in [2.75, 3.05) is 25.0 Å². The summed E-state index contributed by atoms with van der Waals surface area (Å²) in [6.07, 6.45) is 3.12. The number of anilines is 1. The van der Waals surface area contributed by atoms with E-state index in [0.717, 1.165) is 15.2 Å². The second kappa shape index (κ2) is 12.4. The summed E-state index contributed by atoms with van der Waals surface area (Å²) in [5.74, 6) is 0.810. The SMILES string of the molecule is COc1ccccc1Oc1c(NS(=O)(=O)c2ccc3ccccc3c2)nc(C)nc1OCCOc1ncc(Br)cn1. The van der Waals surface area contributed by atoms with Gasteiger partial charge in [-0.15, -0.1) is 0 Å². The lowest BCUT2D eigenvalue weighted by molar-refractivity contribution is 0.197. The van der Waals surface area contributed by atoms with Crippen LogP contribution in [0.4, 0.5) is 5.82 Å². The molecule has 5 rings (SSSR count). The highest BCUT2D eigenvalue weighted by Gasteiger charge is 2.24. The second-order valence-corrected chi connectivity index (χ2v) is 11.1. The molecule has 0 atom stereocenters. The standard InChI is InChI=1S/C28H24BrN5O6S/c1-18-32-26(34-41(35,36)22-12-11-19-7-3-4-8-20(19)15-22)25(40-24-10-6-5-9-23(24)37-2)27(33-18)38-13-14-39-28-30-16-21(29)17-31-28/h3-12,15-17H,13-14H2,1-2H3,(H,32,33,34). The number of nitrogens with zero attached hydrogens (tertiary/aromatic N) is 4. The molecule has 0 aliphatic carbocycles. The van der Waals surface area contributed by atoms with Crippen molar-refractivity contribution >= 4 is 42.5 Å². The number of sulfonamides is 1. The smallest absolute Gasteiger partial charge is 0.316 e. The molecule has 13 heteroatoms. The maximum atomic E-state index is 13.5. The van der Waals surface area contributed by atoms with Crippen LogP contribution in [0.5, 0.6) is 29.1 Å². The lowest BCUT2D eigenvalue weighted by Gasteiger charge is -2.18. The minimum absolute atomic E-state index is 0.0000536. The van der Waals surface area contributed by atoms with E-state index < -0.39 is 10.0 Å². The predicted octanol–water partition coefficient (Wildman–Crippen LogP) is 5.55. The van der Waals surface area contributed by atoms with Crippen LogP contribution in [0.1, 0.15) is 5.82 Å². The Morgan fingerprint density at radius 1 is 0.854 bits per heavy atom. The molecular weight excluding hydrogens is 614 g/mol. The molecule has 1 N–H and O–H groups in total. The number of nitrogens with one attached hydrogen (secondary N) is 1. The molecule has 0 aliphatic heterocycles. The summed E-state index contributed by atoms with van der Waals surface area (Å²) in [6.45, 7) is 1.71. The van der Waals surface area contributed by atoms with E-state index in [-0.39, 0.29) is 47.4 Å².